The first-order valence-corrected chi connectivity index (χ1v) is 8.52. The van der Waals surface area contributed by atoms with Crippen LogP contribution in [-0.2, 0) is 0 Å². The van der Waals surface area contributed by atoms with Crippen molar-refractivity contribution in [1.29, 1.82) is 0 Å². The number of hydrogen-bond acceptors (Lipinski definition) is 4. The van der Waals surface area contributed by atoms with Crippen LogP contribution >= 0.6 is 15.9 Å². The number of rotatable bonds is 3. The molecule has 0 atom stereocenters. The molecule has 2 heterocycles. The lowest BCUT2D eigenvalue weighted by molar-refractivity contribution is 0.171. The van der Waals surface area contributed by atoms with E-state index in [1.165, 1.54) is 13.0 Å². The molecule has 21 heavy (non-hydrogen) atoms. The van der Waals surface area contributed by atoms with Crippen LogP contribution in [0, 0.1) is 0 Å². The van der Waals surface area contributed by atoms with Gasteiger partial charge < -0.3 is 15.5 Å². The maximum Gasteiger partial charge on any atom is 0.196 e. The summed E-state index contributed by atoms with van der Waals surface area (Å²) in [4.78, 5) is 9.38. The topological polar surface area (TPSA) is 44.9 Å². The lowest BCUT2D eigenvalue weighted by Crippen LogP contribution is -2.57. The quantitative estimate of drug-likeness (QED) is 0.911. The Kier molecular flexibility index (Phi) is 4.22. The van der Waals surface area contributed by atoms with Gasteiger partial charge in [0.15, 0.2) is 5.96 Å². The number of piperidine rings is 1. The molecule has 0 aliphatic carbocycles. The molecule has 114 valence electrons. The third-order valence-corrected chi connectivity index (χ3v) is 5.18. The summed E-state index contributed by atoms with van der Waals surface area (Å²) in [6, 6.07) is 8.39. The van der Waals surface area contributed by atoms with Crippen LogP contribution in [0.25, 0.3) is 0 Å². The molecule has 0 saturated carbocycles. The van der Waals surface area contributed by atoms with Crippen molar-refractivity contribution in [2.75, 3.05) is 31.1 Å². The van der Waals surface area contributed by atoms with Gasteiger partial charge in [-0.1, -0.05) is 22.9 Å². The number of hydrogen-bond donors (Lipinski definition) is 1. The minimum Gasteiger partial charge on any atom is -0.369 e. The number of halogens is 1. The molecule has 2 N–H and O–H groups in total. The van der Waals surface area contributed by atoms with Crippen molar-refractivity contribution in [3.05, 3.63) is 28.7 Å². The Hall–Kier alpha value is -1.07. The molecule has 5 heteroatoms. The second kappa shape index (κ2) is 5.97. The van der Waals surface area contributed by atoms with Gasteiger partial charge in [0, 0.05) is 23.2 Å². The fraction of sp³-hybridized carbons (Fsp3) is 0.562. The molecule has 2 aliphatic rings. The minimum absolute atomic E-state index is 0.0855. The summed E-state index contributed by atoms with van der Waals surface area (Å²) < 4.78 is 1.09. The molecule has 0 aromatic heterocycles. The number of likely N-dealkylation sites (tertiary alicyclic amines) is 1. The van der Waals surface area contributed by atoms with E-state index in [9.17, 15) is 0 Å². The normalized spacial score (nSPS) is 21.8. The molecule has 2 aliphatic heterocycles. The molecule has 3 rings (SSSR count). The molecule has 1 aromatic rings. The zero-order valence-electron chi connectivity index (χ0n) is 12.6. The van der Waals surface area contributed by atoms with E-state index < -0.39 is 0 Å². The second-order valence-corrected chi connectivity index (χ2v) is 6.97. The Labute approximate surface area is 135 Å². The zero-order chi connectivity index (χ0) is 14.9. The lowest BCUT2D eigenvalue weighted by atomic mass is 9.86. The van der Waals surface area contributed by atoms with Crippen molar-refractivity contribution < 1.29 is 0 Å². The average Bonchev–Trinajstić information content (AvgIpc) is 2.80. The first-order chi connectivity index (χ1) is 10.1. The molecule has 1 spiro atoms. The highest BCUT2D eigenvalue weighted by Crippen LogP contribution is 2.37. The standard InChI is InChI=1S/C16H23BrN4/c1-2-9-20-10-7-16(8-11-20)12-19-15(18)21(16)14-5-3-13(17)4-6-14/h3-6H,2,7-12H2,1H3,(H2,18,19). The van der Waals surface area contributed by atoms with Gasteiger partial charge in [-0.2, -0.15) is 0 Å². The van der Waals surface area contributed by atoms with Gasteiger partial charge in [-0.3, -0.25) is 4.99 Å². The number of benzene rings is 1. The summed E-state index contributed by atoms with van der Waals surface area (Å²) in [6.45, 7) is 6.56. The summed E-state index contributed by atoms with van der Waals surface area (Å²) in [5.41, 5.74) is 7.44. The number of nitrogens with two attached hydrogens (primary N) is 1. The van der Waals surface area contributed by atoms with Gasteiger partial charge in [-0.25, -0.2) is 0 Å². The molecule has 4 nitrogen and oxygen atoms in total. The van der Waals surface area contributed by atoms with E-state index >= 15 is 0 Å². The SMILES string of the molecule is CCCN1CCC2(CC1)CN=C(N)N2c1ccc(Br)cc1. The van der Waals surface area contributed by atoms with Crippen molar-refractivity contribution in [3.63, 3.8) is 0 Å². The Morgan fingerprint density at radius 2 is 1.90 bits per heavy atom. The van der Waals surface area contributed by atoms with Gasteiger partial charge in [0.1, 0.15) is 0 Å². The minimum atomic E-state index is 0.0855. The molecular weight excluding hydrogens is 328 g/mol. The third kappa shape index (κ3) is 2.81. The van der Waals surface area contributed by atoms with Crippen molar-refractivity contribution in [3.8, 4) is 0 Å². The van der Waals surface area contributed by atoms with Crippen LogP contribution in [0.5, 0.6) is 0 Å². The van der Waals surface area contributed by atoms with Crippen LogP contribution < -0.4 is 10.6 Å². The number of nitrogens with zero attached hydrogens (tertiary/aromatic N) is 3. The summed E-state index contributed by atoms with van der Waals surface area (Å²) in [5.74, 6) is 0.668. The van der Waals surface area contributed by atoms with Crippen LogP contribution in [0.15, 0.2) is 33.7 Å². The Morgan fingerprint density at radius 3 is 2.52 bits per heavy atom. The van der Waals surface area contributed by atoms with E-state index in [1.54, 1.807) is 0 Å². The Balaban J connectivity index is 1.81. The van der Waals surface area contributed by atoms with Crippen molar-refractivity contribution in [1.82, 2.24) is 4.90 Å². The first-order valence-electron chi connectivity index (χ1n) is 7.73. The Morgan fingerprint density at radius 1 is 1.24 bits per heavy atom. The number of guanidine groups is 1. The predicted molar refractivity (Wildman–Crippen MR) is 91.8 cm³/mol. The van der Waals surface area contributed by atoms with Crippen LogP contribution in [0.3, 0.4) is 0 Å². The Bertz CT molecular complexity index is 518. The molecule has 0 radical (unpaired) electrons. The maximum atomic E-state index is 6.20. The third-order valence-electron chi connectivity index (χ3n) is 4.65. The predicted octanol–water partition coefficient (Wildman–Crippen LogP) is 2.83. The first kappa shape index (κ1) is 14.9. The van der Waals surface area contributed by atoms with Crippen LogP contribution in [-0.4, -0.2) is 42.6 Å². The second-order valence-electron chi connectivity index (χ2n) is 6.05. The molecule has 1 saturated heterocycles. The molecule has 1 fully saturated rings. The van der Waals surface area contributed by atoms with Crippen molar-refractivity contribution >= 4 is 27.6 Å². The van der Waals surface area contributed by atoms with Crippen LogP contribution in [0.2, 0.25) is 0 Å². The smallest absolute Gasteiger partial charge is 0.196 e. The van der Waals surface area contributed by atoms with E-state index in [0.29, 0.717) is 5.96 Å². The number of aliphatic imine (C=N–C) groups is 1. The van der Waals surface area contributed by atoms with Gasteiger partial charge in [-0.15, -0.1) is 0 Å². The maximum absolute atomic E-state index is 6.20. The molecule has 0 unspecified atom stereocenters. The number of anilines is 1. The molecule has 0 amide bonds. The largest absolute Gasteiger partial charge is 0.369 e. The van der Waals surface area contributed by atoms with E-state index in [0.717, 1.165) is 42.6 Å². The van der Waals surface area contributed by atoms with Gasteiger partial charge >= 0.3 is 0 Å². The van der Waals surface area contributed by atoms with E-state index in [4.69, 9.17) is 5.73 Å². The fourth-order valence-electron chi connectivity index (χ4n) is 3.50. The highest BCUT2D eigenvalue weighted by molar-refractivity contribution is 9.10. The molecular formula is C16H23BrN4. The van der Waals surface area contributed by atoms with Crippen molar-refractivity contribution in [2.45, 2.75) is 31.7 Å². The fourth-order valence-corrected chi connectivity index (χ4v) is 3.76. The molecule has 1 aromatic carbocycles. The summed E-state index contributed by atoms with van der Waals surface area (Å²) in [7, 11) is 0. The van der Waals surface area contributed by atoms with Gasteiger partial charge in [-0.05, 0) is 50.1 Å². The highest BCUT2D eigenvalue weighted by atomic mass is 79.9. The monoisotopic (exact) mass is 350 g/mol. The van der Waals surface area contributed by atoms with Gasteiger partial charge in [0.2, 0.25) is 0 Å². The van der Waals surface area contributed by atoms with Crippen molar-refractivity contribution in [2.24, 2.45) is 10.7 Å². The zero-order valence-corrected chi connectivity index (χ0v) is 14.1. The molecule has 0 bridgehead atoms. The van der Waals surface area contributed by atoms with E-state index in [2.05, 4.69) is 61.9 Å². The van der Waals surface area contributed by atoms with Crippen LogP contribution in [0.4, 0.5) is 5.69 Å². The summed E-state index contributed by atoms with van der Waals surface area (Å²) >= 11 is 3.50. The lowest BCUT2D eigenvalue weighted by Gasteiger charge is -2.45. The summed E-state index contributed by atoms with van der Waals surface area (Å²) in [5, 5.41) is 0. The summed E-state index contributed by atoms with van der Waals surface area (Å²) in [6.07, 6.45) is 3.49. The van der Waals surface area contributed by atoms with E-state index in [-0.39, 0.29) is 5.54 Å². The van der Waals surface area contributed by atoms with E-state index in [1.807, 2.05) is 0 Å². The van der Waals surface area contributed by atoms with Crippen LogP contribution in [0.1, 0.15) is 26.2 Å². The van der Waals surface area contributed by atoms with Gasteiger partial charge in [0.25, 0.3) is 0 Å². The average molecular weight is 351 g/mol. The highest BCUT2D eigenvalue weighted by Gasteiger charge is 2.44. The van der Waals surface area contributed by atoms with Gasteiger partial charge in [0.05, 0.1) is 12.1 Å².